The van der Waals surface area contributed by atoms with E-state index >= 15 is 0 Å². The van der Waals surface area contributed by atoms with Crippen LogP contribution in [-0.4, -0.2) is 38.4 Å². The monoisotopic (exact) mass is 915 g/mol. The van der Waals surface area contributed by atoms with Gasteiger partial charge in [0.05, 0.1) is 13.2 Å². The van der Waals surface area contributed by atoms with Gasteiger partial charge in [-0.2, -0.15) is 0 Å². The molecule has 8 heteroatoms. The van der Waals surface area contributed by atoms with Gasteiger partial charge in [-0.25, -0.2) is 0 Å². The average molecular weight is 915 g/mol. The Morgan fingerprint density at radius 1 is 0.493 bits per heavy atom. The van der Waals surface area contributed by atoms with E-state index in [4.69, 9.17) is 30.4 Å². The second-order valence-corrected chi connectivity index (χ2v) is 20.1. The van der Waals surface area contributed by atoms with Crippen LogP contribution >= 0.6 is 0 Å². The highest BCUT2D eigenvalue weighted by Crippen LogP contribution is 2.39. The molecule has 364 valence electrons. The molecule has 4 aromatic rings. The van der Waals surface area contributed by atoms with Crippen LogP contribution in [0.3, 0.4) is 0 Å². The second kappa shape index (κ2) is 27.7. The summed E-state index contributed by atoms with van der Waals surface area (Å²) in [6.07, 6.45) is 22.4. The van der Waals surface area contributed by atoms with Crippen molar-refractivity contribution >= 4 is 23.3 Å². The Kier molecular flexibility index (Phi) is 21.3. The van der Waals surface area contributed by atoms with Crippen molar-refractivity contribution in [3.8, 4) is 11.5 Å². The fourth-order valence-electron chi connectivity index (χ4n) is 10.6. The summed E-state index contributed by atoms with van der Waals surface area (Å²) in [4.78, 5) is 26.6. The van der Waals surface area contributed by atoms with E-state index in [1.54, 1.807) is 0 Å². The summed E-state index contributed by atoms with van der Waals surface area (Å²) >= 11 is 0. The van der Waals surface area contributed by atoms with Crippen LogP contribution < -0.4 is 20.9 Å². The van der Waals surface area contributed by atoms with Gasteiger partial charge in [0, 0.05) is 29.6 Å². The summed E-state index contributed by atoms with van der Waals surface area (Å²) < 4.78 is 24.3. The lowest BCUT2D eigenvalue weighted by molar-refractivity contribution is -0.154. The van der Waals surface area contributed by atoms with Crippen molar-refractivity contribution in [1.29, 1.82) is 0 Å². The lowest BCUT2D eigenvalue weighted by Gasteiger charge is -2.33. The van der Waals surface area contributed by atoms with Gasteiger partial charge in [0.1, 0.15) is 24.7 Å². The van der Waals surface area contributed by atoms with Crippen molar-refractivity contribution in [2.75, 3.05) is 37.9 Å². The number of hydrogen-bond donors (Lipinski definition) is 2. The standard InChI is InChI=1S/C59H82N2O6/c1-3-11-45-15-23-49(24-16-45)51-27-35-55(36-28-51)64-39-9-5-7-13-57(62)66-43-59(41-47-19-31-53(60)32-20-47,42-48-21-33-54(61)34-22-48)44-67-58(63)14-8-6-10-40-65-56-37-29-52(30-38-56)50-25-17-46(12-4-2)18-26-50/h19-22,27-38,45-46,49-50H,3-18,23-26,39-44,60-61H2,1-2H3/t45-,46-,49-,50-. The molecule has 0 unspecified atom stereocenters. The minimum atomic E-state index is -0.715. The second-order valence-electron chi connectivity index (χ2n) is 20.1. The Bertz CT molecular complexity index is 1850. The van der Waals surface area contributed by atoms with E-state index in [0.29, 0.717) is 74.9 Å². The summed E-state index contributed by atoms with van der Waals surface area (Å²) in [6.45, 7) is 6.01. The van der Waals surface area contributed by atoms with Crippen molar-refractivity contribution in [2.24, 2.45) is 17.3 Å². The quantitative estimate of drug-likeness (QED) is 0.0328. The van der Waals surface area contributed by atoms with E-state index in [9.17, 15) is 9.59 Å². The van der Waals surface area contributed by atoms with Crippen molar-refractivity contribution in [2.45, 2.75) is 167 Å². The molecule has 2 aliphatic rings. The molecule has 0 bridgehead atoms. The number of unbranched alkanes of at least 4 members (excludes halogenated alkanes) is 4. The largest absolute Gasteiger partial charge is 0.494 e. The van der Waals surface area contributed by atoms with Crippen molar-refractivity contribution in [3.05, 3.63) is 119 Å². The molecule has 0 aromatic heterocycles. The Labute approximate surface area is 403 Å². The van der Waals surface area contributed by atoms with E-state index in [2.05, 4.69) is 62.4 Å². The van der Waals surface area contributed by atoms with Crippen LogP contribution in [0.4, 0.5) is 11.4 Å². The minimum absolute atomic E-state index is 0.103. The molecule has 4 aromatic carbocycles. The maximum atomic E-state index is 13.3. The zero-order valence-electron chi connectivity index (χ0n) is 41.0. The third kappa shape index (κ3) is 17.9. The molecule has 2 saturated carbocycles. The predicted molar refractivity (Wildman–Crippen MR) is 273 cm³/mol. The smallest absolute Gasteiger partial charge is 0.305 e. The SMILES string of the molecule is CCC[C@H]1CC[C@H](c2ccc(OCCCCCC(=O)OCC(COC(=O)CCCCCOc3ccc([C@H]4CC[C@H](CCC)CC4)cc3)(Cc3ccc(N)cc3)Cc3ccc(N)cc3)cc2)CC1. The highest BCUT2D eigenvalue weighted by atomic mass is 16.5. The molecule has 0 heterocycles. The first-order valence-electron chi connectivity index (χ1n) is 26.1. The molecular weight excluding hydrogens is 833 g/mol. The number of anilines is 2. The van der Waals surface area contributed by atoms with E-state index in [1.807, 2.05) is 48.5 Å². The highest BCUT2D eigenvalue weighted by Gasteiger charge is 2.35. The third-order valence-electron chi connectivity index (χ3n) is 14.6. The van der Waals surface area contributed by atoms with Gasteiger partial charge in [-0.3, -0.25) is 9.59 Å². The number of ether oxygens (including phenoxy) is 4. The van der Waals surface area contributed by atoms with E-state index < -0.39 is 5.41 Å². The number of nitrogen functional groups attached to an aromatic ring is 2. The number of benzene rings is 4. The normalized spacial score (nSPS) is 18.5. The maximum absolute atomic E-state index is 13.3. The molecule has 0 atom stereocenters. The molecule has 0 amide bonds. The fourth-order valence-corrected chi connectivity index (χ4v) is 10.6. The lowest BCUT2D eigenvalue weighted by Crippen LogP contribution is -2.39. The van der Waals surface area contributed by atoms with Gasteiger partial charge in [-0.05, 0) is 197 Å². The number of rotatable bonds is 28. The van der Waals surface area contributed by atoms with Crippen LogP contribution in [0.25, 0.3) is 0 Å². The Morgan fingerprint density at radius 2 is 0.866 bits per heavy atom. The summed E-state index contributed by atoms with van der Waals surface area (Å²) in [5.74, 6) is 4.45. The molecule has 6 rings (SSSR count). The molecule has 4 N–H and O–H groups in total. The first kappa shape index (κ1) is 51.4. The zero-order valence-corrected chi connectivity index (χ0v) is 41.0. The van der Waals surface area contributed by atoms with Crippen molar-refractivity contribution in [3.63, 3.8) is 0 Å². The minimum Gasteiger partial charge on any atom is -0.494 e. The zero-order chi connectivity index (χ0) is 47.1. The molecule has 0 saturated heterocycles. The highest BCUT2D eigenvalue weighted by molar-refractivity contribution is 5.70. The van der Waals surface area contributed by atoms with Gasteiger partial charge >= 0.3 is 11.9 Å². The van der Waals surface area contributed by atoms with E-state index in [-0.39, 0.29) is 25.2 Å². The topological polar surface area (TPSA) is 123 Å². The number of carbonyl (C=O) groups is 2. The first-order chi connectivity index (χ1) is 32.7. The number of hydrogen-bond acceptors (Lipinski definition) is 8. The Balaban J connectivity index is 0.936. The first-order valence-corrected chi connectivity index (χ1v) is 26.1. The van der Waals surface area contributed by atoms with Gasteiger partial charge in [-0.1, -0.05) is 88.1 Å². The van der Waals surface area contributed by atoms with Crippen LogP contribution in [0.1, 0.15) is 176 Å². The van der Waals surface area contributed by atoms with Crippen LogP contribution in [-0.2, 0) is 31.9 Å². The third-order valence-corrected chi connectivity index (χ3v) is 14.6. The molecule has 67 heavy (non-hydrogen) atoms. The summed E-state index contributed by atoms with van der Waals surface area (Å²) in [6, 6.07) is 32.9. The van der Waals surface area contributed by atoms with E-state index in [1.165, 1.54) is 88.2 Å². The molecule has 0 aliphatic heterocycles. The number of esters is 2. The molecular formula is C59H82N2O6. The Morgan fingerprint density at radius 3 is 1.22 bits per heavy atom. The van der Waals surface area contributed by atoms with Gasteiger partial charge in [-0.15, -0.1) is 0 Å². The molecule has 0 spiro atoms. The molecule has 2 fully saturated rings. The van der Waals surface area contributed by atoms with Crippen LogP contribution in [0, 0.1) is 17.3 Å². The molecule has 8 nitrogen and oxygen atoms in total. The number of carbonyl (C=O) groups excluding carboxylic acids is 2. The summed E-state index contributed by atoms with van der Waals surface area (Å²) in [5, 5.41) is 0. The fraction of sp³-hybridized carbons (Fsp3) is 0.559. The number of nitrogens with two attached hydrogens (primary N) is 2. The van der Waals surface area contributed by atoms with Crippen molar-refractivity contribution < 1.29 is 28.5 Å². The lowest BCUT2D eigenvalue weighted by atomic mass is 9.77. The van der Waals surface area contributed by atoms with Gasteiger partial charge in [0.2, 0.25) is 0 Å². The average Bonchev–Trinajstić information content (AvgIpc) is 3.35. The molecule has 2 aliphatic carbocycles. The van der Waals surface area contributed by atoms with Crippen LogP contribution in [0.15, 0.2) is 97.1 Å². The summed E-state index contributed by atoms with van der Waals surface area (Å²) in [7, 11) is 0. The van der Waals surface area contributed by atoms with E-state index in [0.717, 1.165) is 60.1 Å². The summed E-state index contributed by atoms with van der Waals surface area (Å²) in [5.41, 5.74) is 17.6. The Hall–Kier alpha value is -4.98. The van der Waals surface area contributed by atoms with Gasteiger partial charge in [0.25, 0.3) is 0 Å². The van der Waals surface area contributed by atoms with Crippen LogP contribution in [0.5, 0.6) is 11.5 Å². The van der Waals surface area contributed by atoms with Gasteiger partial charge in [0.15, 0.2) is 0 Å². The predicted octanol–water partition coefficient (Wildman–Crippen LogP) is 14.1. The van der Waals surface area contributed by atoms with Crippen LogP contribution in [0.2, 0.25) is 0 Å². The van der Waals surface area contributed by atoms with Gasteiger partial charge < -0.3 is 30.4 Å². The van der Waals surface area contributed by atoms with Crippen molar-refractivity contribution in [1.82, 2.24) is 0 Å². The molecule has 0 radical (unpaired) electrons. The maximum Gasteiger partial charge on any atom is 0.305 e.